The van der Waals surface area contributed by atoms with Gasteiger partial charge < -0.3 is 15.7 Å². The van der Waals surface area contributed by atoms with Crippen LogP contribution in [0.2, 0.25) is 5.02 Å². The number of aliphatic hydroxyl groups is 1. The van der Waals surface area contributed by atoms with Crippen LogP contribution in [0, 0.1) is 5.41 Å². The second-order valence-corrected chi connectivity index (χ2v) is 7.02. The first-order chi connectivity index (χ1) is 10.6. The van der Waals surface area contributed by atoms with E-state index < -0.39 is 12.1 Å². The molecular formula is C17H25ClN2O3. The summed E-state index contributed by atoms with van der Waals surface area (Å²) < 4.78 is 0. The first kappa shape index (κ1) is 19.5. The molecule has 0 fully saturated rings. The number of carbonyl (C=O) groups is 2. The molecule has 0 aromatic heterocycles. The molecule has 0 heterocycles. The molecule has 3 N–H and O–H groups in total. The minimum Gasteiger partial charge on any atom is -0.393 e. The summed E-state index contributed by atoms with van der Waals surface area (Å²) in [6.07, 6.45) is 0.146. The van der Waals surface area contributed by atoms with Gasteiger partial charge in [-0.3, -0.25) is 9.59 Å². The molecule has 2 unspecified atom stereocenters. The van der Waals surface area contributed by atoms with Crippen LogP contribution in [0.5, 0.6) is 0 Å². The first-order valence-corrected chi connectivity index (χ1v) is 8.01. The van der Waals surface area contributed by atoms with E-state index in [0.29, 0.717) is 23.6 Å². The van der Waals surface area contributed by atoms with Gasteiger partial charge in [0, 0.05) is 6.54 Å². The second kappa shape index (κ2) is 8.31. The van der Waals surface area contributed by atoms with Gasteiger partial charge in [-0.1, -0.05) is 37.6 Å². The van der Waals surface area contributed by atoms with E-state index in [1.807, 2.05) is 13.8 Å². The van der Waals surface area contributed by atoms with Gasteiger partial charge in [0.05, 0.1) is 16.7 Å². The maximum Gasteiger partial charge on any atom is 0.253 e. The molecular weight excluding hydrogens is 316 g/mol. The molecule has 6 heteroatoms. The number of rotatable bonds is 7. The number of hydrogen-bond acceptors (Lipinski definition) is 3. The van der Waals surface area contributed by atoms with Gasteiger partial charge in [-0.05, 0) is 37.8 Å². The Balaban J connectivity index is 2.54. The molecule has 23 heavy (non-hydrogen) atoms. The zero-order valence-electron chi connectivity index (χ0n) is 14.0. The van der Waals surface area contributed by atoms with Gasteiger partial charge in [-0.15, -0.1) is 0 Å². The normalized spacial score (nSPS) is 14.0. The van der Waals surface area contributed by atoms with E-state index in [4.69, 9.17) is 11.6 Å². The predicted octanol–water partition coefficient (Wildman–Crippen LogP) is 2.37. The minimum absolute atomic E-state index is 0.226. The summed E-state index contributed by atoms with van der Waals surface area (Å²) in [7, 11) is 0. The Labute approximate surface area is 142 Å². The van der Waals surface area contributed by atoms with E-state index in [-0.39, 0.29) is 17.2 Å². The van der Waals surface area contributed by atoms with Crippen LogP contribution in [0.4, 0.5) is 0 Å². The zero-order valence-corrected chi connectivity index (χ0v) is 14.8. The topological polar surface area (TPSA) is 78.4 Å². The Bertz CT molecular complexity index is 559. The Morgan fingerprint density at radius 1 is 1.26 bits per heavy atom. The lowest BCUT2D eigenvalue weighted by atomic mass is 9.87. The second-order valence-electron chi connectivity index (χ2n) is 6.61. The average Bonchev–Trinajstić information content (AvgIpc) is 2.43. The highest BCUT2D eigenvalue weighted by Crippen LogP contribution is 2.21. The molecule has 1 rings (SSSR count). The average molecular weight is 341 g/mol. The highest BCUT2D eigenvalue weighted by molar-refractivity contribution is 6.33. The largest absolute Gasteiger partial charge is 0.393 e. The van der Waals surface area contributed by atoms with Crippen molar-refractivity contribution in [3.8, 4) is 0 Å². The lowest BCUT2D eigenvalue weighted by molar-refractivity contribution is -0.123. The van der Waals surface area contributed by atoms with E-state index in [0.717, 1.165) is 0 Å². The van der Waals surface area contributed by atoms with E-state index in [1.54, 1.807) is 38.1 Å². The predicted molar refractivity (Wildman–Crippen MR) is 91.5 cm³/mol. The monoisotopic (exact) mass is 340 g/mol. The molecule has 5 nitrogen and oxygen atoms in total. The lowest BCUT2D eigenvalue weighted by Gasteiger charge is -2.27. The summed E-state index contributed by atoms with van der Waals surface area (Å²) in [5.41, 5.74) is 0.110. The third kappa shape index (κ3) is 6.59. The summed E-state index contributed by atoms with van der Waals surface area (Å²) in [4.78, 5) is 24.2. The van der Waals surface area contributed by atoms with Crippen molar-refractivity contribution in [2.75, 3.05) is 6.54 Å². The number of nitrogens with one attached hydrogen (secondary N) is 2. The van der Waals surface area contributed by atoms with Crippen molar-refractivity contribution in [1.29, 1.82) is 0 Å². The van der Waals surface area contributed by atoms with Crippen LogP contribution in [0.25, 0.3) is 0 Å². The van der Waals surface area contributed by atoms with Crippen molar-refractivity contribution in [3.63, 3.8) is 0 Å². The van der Waals surface area contributed by atoms with Crippen LogP contribution in [0.15, 0.2) is 24.3 Å². The van der Waals surface area contributed by atoms with Crippen molar-refractivity contribution in [3.05, 3.63) is 34.9 Å². The summed E-state index contributed by atoms with van der Waals surface area (Å²) in [6, 6.07) is 6.00. The van der Waals surface area contributed by atoms with Crippen LogP contribution < -0.4 is 10.6 Å². The third-order valence-corrected chi connectivity index (χ3v) is 3.78. The molecule has 1 aromatic rings. The molecule has 0 aliphatic carbocycles. The maximum absolute atomic E-state index is 12.1. The standard InChI is InChI=1S/C17H25ClN2O3/c1-11(21)9-17(3,4)10-19-15(22)12(2)20-16(23)13-7-5-6-8-14(13)18/h5-8,11-12,21H,9-10H2,1-4H3,(H,19,22)(H,20,23). The molecule has 0 spiro atoms. The van der Waals surface area contributed by atoms with Crippen molar-refractivity contribution in [2.45, 2.75) is 46.3 Å². The van der Waals surface area contributed by atoms with E-state index in [1.165, 1.54) is 0 Å². The SMILES string of the molecule is CC(O)CC(C)(C)CNC(=O)C(C)NC(=O)c1ccccc1Cl. The number of hydrogen-bond donors (Lipinski definition) is 3. The summed E-state index contributed by atoms with van der Waals surface area (Å²) in [6.45, 7) is 7.69. The van der Waals surface area contributed by atoms with Crippen molar-refractivity contribution in [1.82, 2.24) is 10.6 Å². The van der Waals surface area contributed by atoms with Crippen LogP contribution in [0.1, 0.15) is 44.5 Å². The van der Waals surface area contributed by atoms with E-state index in [9.17, 15) is 14.7 Å². The highest BCUT2D eigenvalue weighted by atomic mass is 35.5. The smallest absolute Gasteiger partial charge is 0.253 e. The van der Waals surface area contributed by atoms with Gasteiger partial charge in [0.15, 0.2) is 0 Å². The molecule has 0 aliphatic rings. The van der Waals surface area contributed by atoms with Crippen LogP contribution in [-0.4, -0.2) is 35.6 Å². The molecule has 0 bridgehead atoms. The van der Waals surface area contributed by atoms with Crippen LogP contribution in [0.3, 0.4) is 0 Å². The molecule has 128 valence electrons. The number of amides is 2. The van der Waals surface area contributed by atoms with Crippen molar-refractivity contribution >= 4 is 23.4 Å². The van der Waals surface area contributed by atoms with Gasteiger partial charge in [-0.25, -0.2) is 0 Å². The van der Waals surface area contributed by atoms with Gasteiger partial charge in [-0.2, -0.15) is 0 Å². The Morgan fingerprint density at radius 2 is 1.87 bits per heavy atom. The van der Waals surface area contributed by atoms with Crippen LogP contribution >= 0.6 is 11.6 Å². The number of benzene rings is 1. The fourth-order valence-electron chi connectivity index (χ4n) is 2.34. The van der Waals surface area contributed by atoms with E-state index >= 15 is 0 Å². The Morgan fingerprint density at radius 3 is 2.43 bits per heavy atom. The van der Waals surface area contributed by atoms with E-state index in [2.05, 4.69) is 10.6 Å². The summed E-state index contributed by atoms with van der Waals surface area (Å²) in [5.74, 6) is -0.662. The fourth-order valence-corrected chi connectivity index (χ4v) is 2.56. The number of carbonyl (C=O) groups excluding carboxylic acids is 2. The fraction of sp³-hybridized carbons (Fsp3) is 0.529. The maximum atomic E-state index is 12.1. The molecule has 0 radical (unpaired) electrons. The summed E-state index contributed by atoms with van der Waals surface area (Å²) >= 11 is 5.97. The number of halogens is 1. The van der Waals surface area contributed by atoms with Gasteiger partial charge in [0.2, 0.25) is 5.91 Å². The van der Waals surface area contributed by atoms with Crippen LogP contribution in [-0.2, 0) is 4.79 Å². The molecule has 2 amide bonds. The van der Waals surface area contributed by atoms with Gasteiger partial charge >= 0.3 is 0 Å². The molecule has 0 saturated carbocycles. The first-order valence-electron chi connectivity index (χ1n) is 7.63. The zero-order chi connectivity index (χ0) is 17.6. The van der Waals surface area contributed by atoms with Crippen molar-refractivity contribution in [2.24, 2.45) is 5.41 Å². The molecule has 0 saturated heterocycles. The van der Waals surface area contributed by atoms with Crippen molar-refractivity contribution < 1.29 is 14.7 Å². The minimum atomic E-state index is -0.680. The number of aliphatic hydroxyl groups excluding tert-OH is 1. The molecule has 0 aliphatic heterocycles. The third-order valence-electron chi connectivity index (χ3n) is 3.45. The Kier molecular flexibility index (Phi) is 7.03. The lowest BCUT2D eigenvalue weighted by Crippen LogP contribution is -2.47. The van der Waals surface area contributed by atoms with Gasteiger partial charge in [0.25, 0.3) is 5.91 Å². The highest BCUT2D eigenvalue weighted by Gasteiger charge is 2.23. The molecule has 2 atom stereocenters. The summed E-state index contributed by atoms with van der Waals surface area (Å²) in [5, 5.41) is 15.2. The quantitative estimate of drug-likeness (QED) is 0.713. The Hall–Kier alpha value is -1.59. The van der Waals surface area contributed by atoms with Gasteiger partial charge in [0.1, 0.15) is 6.04 Å². The molecule has 1 aromatic carbocycles.